The number of aromatic nitrogens is 3. The zero-order chi connectivity index (χ0) is 32.8. The molecule has 2 aromatic carbocycles. The summed E-state index contributed by atoms with van der Waals surface area (Å²) in [6.45, 7) is 12.0. The largest absolute Gasteiger partial charge is 0.494 e. The van der Waals surface area contributed by atoms with Crippen LogP contribution in [0, 0.1) is 11.6 Å². The zero-order valence-electron chi connectivity index (χ0n) is 25.9. The predicted molar refractivity (Wildman–Crippen MR) is 170 cm³/mol. The van der Waals surface area contributed by atoms with E-state index in [2.05, 4.69) is 20.3 Å². The Balaban J connectivity index is 1.55. The quantitative estimate of drug-likeness (QED) is 0.241. The molecule has 0 bridgehead atoms. The van der Waals surface area contributed by atoms with Crippen LogP contribution >= 0.6 is 22.9 Å². The van der Waals surface area contributed by atoms with Gasteiger partial charge in [-0.05, 0) is 53.7 Å². The highest BCUT2D eigenvalue weighted by Crippen LogP contribution is 2.48. The number of fused-ring (bicyclic) bond motifs is 2. The maximum Gasteiger partial charge on any atom is 0.413 e. The molecule has 11 nitrogen and oxygen atoms in total. The summed E-state index contributed by atoms with van der Waals surface area (Å²) < 4.78 is 48.0. The Morgan fingerprint density at radius 2 is 1.64 bits per heavy atom. The zero-order valence-corrected chi connectivity index (χ0v) is 27.5. The van der Waals surface area contributed by atoms with Crippen LogP contribution in [0.2, 0.25) is 5.02 Å². The van der Waals surface area contributed by atoms with Crippen LogP contribution in [0.1, 0.15) is 41.5 Å². The Labute approximate surface area is 267 Å². The average molecular weight is 663 g/mol. The molecule has 0 spiro atoms. The molecule has 15 heteroatoms. The molecule has 0 atom stereocenters. The minimum absolute atomic E-state index is 0.0602. The second-order valence-corrected chi connectivity index (χ2v) is 13.7. The first-order valence-electron chi connectivity index (χ1n) is 14.1. The Hall–Kier alpha value is -4.04. The molecule has 5 rings (SSSR count). The maximum atomic E-state index is 16.5. The van der Waals surface area contributed by atoms with Gasteiger partial charge in [-0.15, -0.1) is 0 Å². The number of amides is 2. The molecule has 1 fully saturated rings. The van der Waals surface area contributed by atoms with E-state index in [9.17, 15) is 14.0 Å². The highest BCUT2D eigenvalue weighted by atomic mass is 35.5. The summed E-state index contributed by atoms with van der Waals surface area (Å²) in [5.74, 6) is -0.889. The summed E-state index contributed by atoms with van der Waals surface area (Å²) in [5.41, 5.74) is -1.29. The lowest BCUT2D eigenvalue weighted by atomic mass is 10.00. The van der Waals surface area contributed by atoms with E-state index in [0.29, 0.717) is 32.0 Å². The molecule has 4 aromatic rings. The number of benzene rings is 2. The number of thiazole rings is 1. The normalized spacial score (nSPS) is 14.2. The summed E-state index contributed by atoms with van der Waals surface area (Å²) in [4.78, 5) is 41.5. The van der Waals surface area contributed by atoms with Gasteiger partial charge in [0.1, 0.15) is 34.7 Å². The van der Waals surface area contributed by atoms with E-state index in [4.69, 9.17) is 25.8 Å². The lowest BCUT2D eigenvalue weighted by molar-refractivity contribution is 0.0240. The molecule has 2 aromatic heterocycles. The van der Waals surface area contributed by atoms with Crippen molar-refractivity contribution in [2.45, 2.75) is 52.7 Å². The Morgan fingerprint density at radius 3 is 2.27 bits per heavy atom. The third-order valence-corrected chi connectivity index (χ3v) is 8.05. The van der Waals surface area contributed by atoms with E-state index in [1.807, 2.05) is 4.90 Å². The fraction of sp³-hybridized carbons (Fsp3) is 0.433. The maximum absolute atomic E-state index is 16.5. The SMILES string of the molecule is COc1c(Cl)c(-c2ccc(F)c3sc(NC(=O)OC(C)(C)C)nc23)c(F)c2ncnc(N3CCN(C(=O)OC(C)(C)C)CC3)c12. The molecule has 2 amide bonds. The van der Waals surface area contributed by atoms with Crippen molar-refractivity contribution in [1.82, 2.24) is 19.9 Å². The van der Waals surface area contributed by atoms with Gasteiger partial charge in [-0.2, -0.15) is 0 Å². The summed E-state index contributed by atoms with van der Waals surface area (Å²) in [6, 6.07) is 2.54. The van der Waals surface area contributed by atoms with Crippen molar-refractivity contribution in [2.75, 3.05) is 43.5 Å². The minimum Gasteiger partial charge on any atom is -0.494 e. The summed E-state index contributed by atoms with van der Waals surface area (Å²) >= 11 is 7.73. The molecule has 1 N–H and O–H groups in total. The van der Waals surface area contributed by atoms with E-state index in [-0.39, 0.29) is 48.2 Å². The molecule has 240 valence electrons. The molecule has 0 saturated carbocycles. The van der Waals surface area contributed by atoms with Gasteiger partial charge >= 0.3 is 12.2 Å². The number of piperazine rings is 1. The standard InChI is InChI=1S/C30H33ClF2N6O5S/c1-29(2,3)43-27(40)37-26-36-21-15(8-9-16(32)24(21)45-26)17-19(31)23(42-7)18-22(20(17)33)34-14-35-25(18)38-10-12-39(13-11-38)28(41)44-30(4,5)6/h8-9,14H,10-13H2,1-7H3,(H,36,37,40). The number of carbonyl (C=O) groups is 2. The van der Waals surface area contributed by atoms with Gasteiger partial charge in [-0.1, -0.05) is 22.9 Å². The number of anilines is 2. The third-order valence-electron chi connectivity index (χ3n) is 6.71. The van der Waals surface area contributed by atoms with Gasteiger partial charge in [0.15, 0.2) is 16.7 Å². The smallest absolute Gasteiger partial charge is 0.413 e. The van der Waals surface area contributed by atoms with Crippen LogP contribution < -0.4 is 15.0 Å². The molecule has 1 aliphatic rings. The fourth-order valence-corrected chi connectivity index (χ4v) is 6.15. The van der Waals surface area contributed by atoms with Crippen LogP contribution in [0.4, 0.5) is 29.3 Å². The van der Waals surface area contributed by atoms with E-state index in [1.54, 1.807) is 46.4 Å². The molecule has 1 saturated heterocycles. The van der Waals surface area contributed by atoms with Gasteiger partial charge in [0.05, 0.1) is 27.7 Å². The number of carbonyl (C=O) groups excluding carboxylic acids is 2. The van der Waals surface area contributed by atoms with Gasteiger partial charge in [-0.3, -0.25) is 5.32 Å². The Morgan fingerprint density at radius 1 is 0.978 bits per heavy atom. The molecular formula is C30H33ClF2N6O5S. The number of hydrogen-bond acceptors (Lipinski definition) is 10. The number of nitrogens with one attached hydrogen (secondary N) is 1. The van der Waals surface area contributed by atoms with Crippen molar-refractivity contribution in [3.63, 3.8) is 0 Å². The predicted octanol–water partition coefficient (Wildman–Crippen LogP) is 7.25. The lowest BCUT2D eigenvalue weighted by Gasteiger charge is -2.36. The van der Waals surface area contributed by atoms with Crippen molar-refractivity contribution >= 4 is 67.2 Å². The number of rotatable bonds is 4. The molecule has 45 heavy (non-hydrogen) atoms. The van der Waals surface area contributed by atoms with Crippen molar-refractivity contribution in [3.8, 4) is 16.9 Å². The molecular weight excluding hydrogens is 630 g/mol. The average Bonchev–Trinajstić information content (AvgIpc) is 3.37. The van der Waals surface area contributed by atoms with Crippen LogP contribution in [0.3, 0.4) is 0 Å². The third kappa shape index (κ3) is 6.66. The number of hydrogen-bond donors (Lipinski definition) is 1. The first-order chi connectivity index (χ1) is 21.1. The topological polar surface area (TPSA) is 119 Å². The highest BCUT2D eigenvalue weighted by Gasteiger charge is 2.31. The van der Waals surface area contributed by atoms with Gasteiger partial charge < -0.3 is 24.0 Å². The molecule has 0 radical (unpaired) electrons. The molecule has 0 unspecified atom stereocenters. The van der Waals surface area contributed by atoms with Crippen LogP contribution in [0.5, 0.6) is 5.75 Å². The summed E-state index contributed by atoms with van der Waals surface area (Å²) in [7, 11) is 1.39. The first-order valence-corrected chi connectivity index (χ1v) is 15.3. The number of methoxy groups -OCH3 is 1. The molecule has 0 aliphatic carbocycles. The van der Waals surface area contributed by atoms with E-state index in [1.165, 1.54) is 25.6 Å². The molecule has 3 heterocycles. The van der Waals surface area contributed by atoms with Gasteiger partial charge in [-0.25, -0.2) is 33.3 Å². The van der Waals surface area contributed by atoms with Gasteiger partial charge in [0.2, 0.25) is 0 Å². The van der Waals surface area contributed by atoms with Crippen molar-refractivity contribution in [3.05, 3.63) is 35.1 Å². The highest BCUT2D eigenvalue weighted by molar-refractivity contribution is 7.22. The summed E-state index contributed by atoms with van der Waals surface area (Å²) in [6.07, 6.45) is 0.0590. The fourth-order valence-electron chi connectivity index (χ4n) is 4.91. The number of nitrogens with zero attached hydrogens (tertiary/aromatic N) is 5. The number of ether oxygens (including phenoxy) is 3. The Bertz CT molecular complexity index is 1800. The van der Waals surface area contributed by atoms with E-state index in [0.717, 1.165) is 11.3 Å². The number of halogens is 3. The van der Waals surface area contributed by atoms with Crippen LogP contribution in [0.15, 0.2) is 18.5 Å². The lowest BCUT2D eigenvalue weighted by Crippen LogP contribution is -2.50. The van der Waals surface area contributed by atoms with Gasteiger partial charge in [0.25, 0.3) is 0 Å². The summed E-state index contributed by atoms with van der Waals surface area (Å²) in [5, 5.41) is 2.73. The van der Waals surface area contributed by atoms with Gasteiger partial charge in [0, 0.05) is 37.3 Å². The second kappa shape index (κ2) is 12.0. The monoisotopic (exact) mass is 662 g/mol. The minimum atomic E-state index is -0.783. The van der Waals surface area contributed by atoms with Crippen LogP contribution in [-0.4, -0.2) is 76.5 Å². The van der Waals surface area contributed by atoms with E-state index < -0.39 is 35.0 Å². The van der Waals surface area contributed by atoms with Crippen LogP contribution in [-0.2, 0) is 9.47 Å². The molecule has 1 aliphatic heterocycles. The van der Waals surface area contributed by atoms with E-state index >= 15 is 4.39 Å². The Kier molecular flexibility index (Phi) is 8.66. The van der Waals surface area contributed by atoms with Crippen LogP contribution in [0.25, 0.3) is 32.2 Å². The van der Waals surface area contributed by atoms with Crippen molar-refractivity contribution in [1.29, 1.82) is 0 Å². The second-order valence-electron chi connectivity index (χ2n) is 12.3. The van der Waals surface area contributed by atoms with Crippen molar-refractivity contribution in [2.24, 2.45) is 0 Å². The van der Waals surface area contributed by atoms with Crippen molar-refractivity contribution < 1.29 is 32.6 Å². The first kappa shape index (κ1) is 32.4.